The van der Waals surface area contributed by atoms with E-state index in [1.807, 2.05) is 24.3 Å². The third kappa shape index (κ3) is 3.26. The summed E-state index contributed by atoms with van der Waals surface area (Å²) in [6, 6.07) is 12.9. The predicted molar refractivity (Wildman–Crippen MR) is 81.4 cm³/mol. The van der Waals surface area contributed by atoms with E-state index in [1.54, 1.807) is 10.6 Å². The number of rotatable bonds is 5. The van der Waals surface area contributed by atoms with E-state index in [-0.39, 0.29) is 12.1 Å². The standard InChI is InChI=1S/C17H13FN2O3/c18-13-6-2-1-5-12(13)16(21)10-23-17(22)9-20-11-19-14-7-3-4-8-15(14)20/h1-8,11H,9-10H2. The van der Waals surface area contributed by atoms with E-state index in [4.69, 9.17) is 4.74 Å². The second-order valence-corrected chi connectivity index (χ2v) is 4.92. The third-order valence-corrected chi connectivity index (χ3v) is 3.37. The van der Waals surface area contributed by atoms with Crippen molar-refractivity contribution in [2.45, 2.75) is 6.54 Å². The molecule has 0 spiro atoms. The van der Waals surface area contributed by atoms with Gasteiger partial charge in [-0.25, -0.2) is 9.37 Å². The molecule has 3 rings (SSSR count). The van der Waals surface area contributed by atoms with Crippen molar-refractivity contribution in [3.05, 3.63) is 66.2 Å². The maximum absolute atomic E-state index is 13.5. The zero-order valence-corrected chi connectivity index (χ0v) is 12.1. The van der Waals surface area contributed by atoms with Crippen LogP contribution in [0, 0.1) is 5.82 Å². The van der Waals surface area contributed by atoms with E-state index >= 15 is 0 Å². The number of carbonyl (C=O) groups is 2. The van der Waals surface area contributed by atoms with Gasteiger partial charge in [0, 0.05) is 0 Å². The third-order valence-electron chi connectivity index (χ3n) is 3.37. The first kappa shape index (κ1) is 14.9. The van der Waals surface area contributed by atoms with Crippen LogP contribution in [-0.4, -0.2) is 27.9 Å². The SMILES string of the molecule is O=C(Cn1cnc2ccccc21)OCC(=O)c1ccccc1F. The number of ether oxygens (including phenoxy) is 1. The Balaban J connectivity index is 1.62. The number of halogens is 1. The zero-order valence-electron chi connectivity index (χ0n) is 12.1. The lowest BCUT2D eigenvalue weighted by Crippen LogP contribution is -2.18. The Morgan fingerprint density at radius 1 is 1.09 bits per heavy atom. The molecule has 2 aromatic carbocycles. The molecule has 5 nitrogen and oxygen atoms in total. The first-order chi connectivity index (χ1) is 11.1. The number of esters is 1. The van der Waals surface area contributed by atoms with Crippen molar-refractivity contribution in [2.75, 3.05) is 6.61 Å². The van der Waals surface area contributed by atoms with Gasteiger partial charge < -0.3 is 9.30 Å². The minimum absolute atomic E-state index is 0.0644. The van der Waals surface area contributed by atoms with E-state index in [9.17, 15) is 14.0 Å². The lowest BCUT2D eigenvalue weighted by atomic mass is 10.1. The highest BCUT2D eigenvalue weighted by molar-refractivity contribution is 5.98. The predicted octanol–water partition coefficient (Wildman–Crippen LogP) is 2.60. The first-order valence-corrected chi connectivity index (χ1v) is 6.98. The molecule has 0 aliphatic carbocycles. The highest BCUT2D eigenvalue weighted by Crippen LogP contribution is 2.12. The van der Waals surface area contributed by atoms with Crippen LogP contribution in [0.25, 0.3) is 11.0 Å². The van der Waals surface area contributed by atoms with Crippen molar-refractivity contribution in [2.24, 2.45) is 0 Å². The van der Waals surface area contributed by atoms with Crippen molar-refractivity contribution in [1.29, 1.82) is 0 Å². The minimum Gasteiger partial charge on any atom is -0.456 e. The van der Waals surface area contributed by atoms with Crippen molar-refractivity contribution in [1.82, 2.24) is 9.55 Å². The number of nitrogens with zero attached hydrogens (tertiary/aromatic N) is 2. The largest absolute Gasteiger partial charge is 0.456 e. The van der Waals surface area contributed by atoms with Crippen LogP contribution in [0.1, 0.15) is 10.4 Å². The van der Waals surface area contributed by atoms with Gasteiger partial charge in [-0.2, -0.15) is 0 Å². The number of para-hydroxylation sites is 2. The van der Waals surface area contributed by atoms with Crippen LogP contribution < -0.4 is 0 Å². The molecule has 1 aromatic heterocycles. The van der Waals surface area contributed by atoms with Gasteiger partial charge in [-0.3, -0.25) is 9.59 Å². The van der Waals surface area contributed by atoms with Crippen LogP contribution >= 0.6 is 0 Å². The number of hydrogen-bond acceptors (Lipinski definition) is 4. The average molecular weight is 312 g/mol. The molecule has 0 saturated heterocycles. The Kier molecular flexibility index (Phi) is 4.14. The lowest BCUT2D eigenvalue weighted by molar-refractivity contribution is -0.143. The molecule has 0 bridgehead atoms. The molecule has 0 radical (unpaired) electrons. The van der Waals surface area contributed by atoms with Gasteiger partial charge in [0.05, 0.1) is 22.9 Å². The van der Waals surface area contributed by atoms with E-state index in [0.717, 1.165) is 11.0 Å². The van der Waals surface area contributed by atoms with Crippen molar-refractivity contribution >= 4 is 22.8 Å². The molecule has 0 unspecified atom stereocenters. The molecule has 0 fully saturated rings. The van der Waals surface area contributed by atoms with Gasteiger partial charge in [0.2, 0.25) is 5.78 Å². The normalized spacial score (nSPS) is 10.7. The van der Waals surface area contributed by atoms with Gasteiger partial charge in [0.15, 0.2) is 6.61 Å². The smallest absolute Gasteiger partial charge is 0.326 e. The minimum atomic E-state index is -0.630. The monoisotopic (exact) mass is 312 g/mol. The van der Waals surface area contributed by atoms with Crippen molar-refractivity contribution in [3.8, 4) is 0 Å². The van der Waals surface area contributed by atoms with Gasteiger partial charge in [-0.1, -0.05) is 24.3 Å². The molecule has 1 heterocycles. The summed E-state index contributed by atoms with van der Waals surface area (Å²) in [5, 5.41) is 0. The topological polar surface area (TPSA) is 61.2 Å². The summed E-state index contributed by atoms with van der Waals surface area (Å²) < 4.78 is 20.0. The number of imidazole rings is 1. The maximum Gasteiger partial charge on any atom is 0.326 e. The summed E-state index contributed by atoms with van der Waals surface area (Å²) in [7, 11) is 0. The van der Waals surface area contributed by atoms with Gasteiger partial charge in [0.25, 0.3) is 0 Å². The van der Waals surface area contributed by atoms with Crippen LogP contribution in [0.3, 0.4) is 0 Å². The summed E-state index contributed by atoms with van der Waals surface area (Å²) in [5.41, 5.74) is 1.47. The Morgan fingerprint density at radius 3 is 2.65 bits per heavy atom. The van der Waals surface area contributed by atoms with Crippen molar-refractivity contribution < 1.29 is 18.7 Å². The second kappa shape index (κ2) is 6.39. The van der Waals surface area contributed by atoms with E-state index < -0.39 is 24.2 Å². The van der Waals surface area contributed by atoms with E-state index in [0.29, 0.717) is 0 Å². The van der Waals surface area contributed by atoms with Crippen LogP contribution in [0.4, 0.5) is 4.39 Å². The molecule has 0 amide bonds. The Bertz CT molecular complexity index is 873. The van der Waals surface area contributed by atoms with Gasteiger partial charge in [0.1, 0.15) is 12.4 Å². The number of fused-ring (bicyclic) bond motifs is 1. The van der Waals surface area contributed by atoms with Crippen LogP contribution in [-0.2, 0) is 16.1 Å². The molecular weight excluding hydrogens is 299 g/mol. The fourth-order valence-corrected chi connectivity index (χ4v) is 2.23. The molecule has 3 aromatic rings. The number of ketones is 1. The zero-order chi connectivity index (χ0) is 16.2. The highest BCUT2D eigenvalue weighted by Gasteiger charge is 2.14. The molecule has 116 valence electrons. The van der Waals surface area contributed by atoms with Crippen LogP contribution in [0.2, 0.25) is 0 Å². The van der Waals surface area contributed by atoms with Crippen LogP contribution in [0.15, 0.2) is 54.9 Å². The molecule has 23 heavy (non-hydrogen) atoms. The van der Waals surface area contributed by atoms with Gasteiger partial charge >= 0.3 is 5.97 Å². The Morgan fingerprint density at radius 2 is 1.83 bits per heavy atom. The molecular formula is C17H13FN2O3. The summed E-state index contributed by atoms with van der Waals surface area (Å²) >= 11 is 0. The molecule has 6 heteroatoms. The molecule has 0 aliphatic rings. The quantitative estimate of drug-likeness (QED) is 0.537. The maximum atomic E-state index is 13.5. The summed E-state index contributed by atoms with van der Waals surface area (Å²) in [6.07, 6.45) is 1.53. The fourth-order valence-electron chi connectivity index (χ4n) is 2.23. The number of hydrogen-bond donors (Lipinski definition) is 0. The summed E-state index contributed by atoms with van der Waals surface area (Å²) in [4.78, 5) is 27.9. The second-order valence-electron chi connectivity index (χ2n) is 4.92. The molecule has 0 N–H and O–H groups in total. The average Bonchev–Trinajstić information content (AvgIpc) is 2.96. The summed E-state index contributed by atoms with van der Waals surface area (Å²) in [6.45, 7) is -0.558. The molecule has 0 saturated carbocycles. The van der Waals surface area contributed by atoms with Crippen molar-refractivity contribution in [3.63, 3.8) is 0 Å². The summed E-state index contributed by atoms with van der Waals surface area (Å²) in [5.74, 6) is -1.79. The van der Waals surface area contributed by atoms with Gasteiger partial charge in [-0.15, -0.1) is 0 Å². The lowest BCUT2D eigenvalue weighted by Gasteiger charge is -2.06. The van der Waals surface area contributed by atoms with Crippen LogP contribution in [0.5, 0.6) is 0 Å². The number of benzene rings is 2. The number of aromatic nitrogens is 2. The molecule has 0 atom stereocenters. The molecule has 0 aliphatic heterocycles. The van der Waals surface area contributed by atoms with E-state index in [2.05, 4.69) is 4.98 Å². The Labute approximate surface area is 131 Å². The fraction of sp³-hybridized carbons (Fsp3) is 0.118. The Hall–Kier alpha value is -3.02. The number of Topliss-reactive ketones (excluding diaryl/α,β-unsaturated/α-hetero) is 1. The first-order valence-electron chi connectivity index (χ1n) is 6.98. The number of carbonyl (C=O) groups excluding carboxylic acids is 2. The highest BCUT2D eigenvalue weighted by atomic mass is 19.1. The van der Waals surface area contributed by atoms with E-state index in [1.165, 1.54) is 24.5 Å². The van der Waals surface area contributed by atoms with Gasteiger partial charge in [-0.05, 0) is 24.3 Å².